The Kier molecular flexibility index (Phi) is 4.20. The SMILES string of the molecule is C#CCC(C)NCc1cccc(C)c1O. The predicted octanol–water partition coefficient (Wildman–Crippen LogP) is 2.20. The third-order valence-electron chi connectivity index (χ3n) is 2.39. The smallest absolute Gasteiger partial charge is 0.122 e. The molecule has 1 rings (SSSR count). The number of hydrogen-bond donors (Lipinski definition) is 2. The largest absolute Gasteiger partial charge is 0.507 e. The van der Waals surface area contributed by atoms with Gasteiger partial charge >= 0.3 is 0 Å². The van der Waals surface area contributed by atoms with Gasteiger partial charge in [0.25, 0.3) is 0 Å². The Bertz CT molecular complexity index is 365. The van der Waals surface area contributed by atoms with Gasteiger partial charge in [0.15, 0.2) is 0 Å². The van der Waals surface area contributed by atoms with Crippen molar-refractivity contribution in [3.8, 4) is 18.1 Å². The van der Waals surface area contributed by atoms with Crippen molar-refractivity contribution in [1.82, 2.24) is 5.32 Å². The molecule has 15 heavy (non-hydrogen) atoms. The summed E-state index contributed by atoms with van der Waals surface area (Å²) in [5.74, 6) is 2.98. The van der Waals surface area contributed by atoms with E-state index in [0.29, 0.717) is 18.7 Å². The molecule has 0 spiro atoms. The molecule has 1 unspecified atom stereocenters. The second-order valence-electron chi connectivity index (χ2n) is 3.77. The summed E-state index contributed by atoms with van der Waals surface area (Å²) in [5.41, 5.74) is 1.82. The van der Waals surface area contributed by atoms with Gasteiger partial charge in [-0.2, -0.15) is 0 Å². The fourth-order valence-electron chi connectivity index (χ4n) is 1.40. The molecular formula is C13H17NO. The van der Waals surface area contributed by atoms with Crippen LogP contribution < -0.4 is 5.32 Å². The number of para-hydroxylation sites is 1. The Hall–Kier alpha value is -1.46. The lowest BCUT2D eigenvalue weighted by molar-refractivity contribution is 0.455. The summed E-state index contributed by atoms with van der Waals surface area (Å²) in [7, 11) is 0. The summed E-state index contributed by atoms with van der Waals surface area (Å²) in [6, 6.07) is 6.02. The highest BCUT2D eigenvalue weighted by molar-refractivity contribution is 5.39. The van der Waals surface area contributed by atoms with Gasteiger partial charge in [0.05, 0.1) is 0 Å². The molecular weight excluding hydrogens is 186 g/mol. The zero-order chi connectivity index (χ0) is 11.3. The van der Waals surface area contributed by atoms with E-state index in [2.05, 4.69) is 11.2 Å². The van der Waals surface area contributed by atoms with Gasteiger partial charge in [-0.3, -0.25) is 0 Å². The van der Waals surface area contributed by atoms with Crippen LogP contribution in [0.2, 0.25) is 0 Å². The maximum absolute atomic E-state index is 9.76. The quantitative estimate of drug-likeness (QED) is 0.735. The topological polar surface area (TPSA) is 32.3 Å². The van der Waals surface area contributed by atoms with E-state index in [-0.39, 0.29) is 6.04 Å². The predicted molar refractivity (Wildman–Crippen MR) is 62.6 cm³/mol. The van der Waals surface area contributed by atoms with Crippen molar-refractivity contribution in [1.29, 1.82) is 0 Å². The molecule has 0 aliphatic heterocycles. The Balaban J connectivity index is 2.58. The molecule has 80 valence electrons. The molecule has 1 aromatic rings. The molecule has 0 fully saturated rings. The van der Waals surface area contributed by atoms with E-state index < -0.39 is 0 Å². The highest BCUT2D eigenvalue weighted by Crippen LogP contribution is 2.21. The highest BCUT2D eigenvalue weighted by Gasteiger charge is 2.04. The molecule has 2 N–H and O–H groups in total. The van der Waals surface area contributed by atoms with E-state index in [9.17, 15) is 5.11 Å². The van der Waals surface area contributed by atoms with E-state index >= 15 is 0 Å². The van der Waals surface area contributed by atoms with Crippen LogP contribution in [0.25, 0.3) is 0 Å². The number of phenolic OH excluding ortho intramolecular Hbond substituents is 1. The fourth-order valence-corrected chi connectivity index (χ4v) is 1.40. The van der Waals surface area contributed by atoms with Crippen molar-refractivity contribution in [2.75, 3.05) is 0 Å². The molecule has 0 heterocycles. The molecule has 0 aromatic heterocycles. The van der Waals surface area contributed by atoms with Crippen molar-refractivity contribution < 1.29 is 5.11 Å². The lowest BCUT2D eigenvalue weighted by atomic mass is 10.1. The van der Waals surface area contributed by atoms with E-state index in [1.165, 1.54) is 0 Å². The van der Waals surface area contributed by atoms with Gasteiger partial charge in [-0.25, -0.2) is 0 Å². The Labute approximate surface area is 91.3 Å². The van der Waals surface area contributed by atoms with Crippen LogP contribution in [0.4, 0.5) is 0 Å². The Morgan fingerprint density at radius 1 is 1.53 bits per heavy atom. The molecule has 0 saturated heterocycles. The molecule has 2 heteroatoms. The first kappa shape index (κ1) is 11.6. The van der Waals surface area contributed by atoms with Crippen molar-refractivity contribution >= 4 is 0 Å². The van der Waals surface area contributed by atoms with Crippen LogP contribution in [-0.4, -0.2) is 11.1 Å². The van der Waals surface area contributed by atoms with Gasteiger partial charge in [-0.1, -0.05) is 18.2 Å². The zero-order valence-corrected chi connectivity index (χ0v) is 9.25. The number of benzene rings is 1. The number of terminal acetylenes is 1. The van der Waals surface area contributed by atoms with Crippen LogP contribution in [0.3, 0.4) is 0 Å². The number of rotatable bonds is 4. The molecule has 0 bridgehead atoms. The van der Waals surface area contributed by atoms with Crippen LogP contribution in [0.15, 0.2) is 18.2 Å². The molecule has 0 amide bonds. The number of phenols is 1. The first-order chi connectivity index (χ1) is 7.15. The summed E-state index contributed by atoms with van der Waals surface area (Å²) in [6.45, 7) is 4.58. The molecule has 1 aromatic carbocycles. The Morgan fingerprint density at radius 3 is 2.93 bits per heavy atom. The van der Waals surface area contributed by atoms with Crippen LogP contribution in [-0.2, 0) is 6.54 Å². The summed E-state index contributed by atoms with van der Waals surface area (Å²) >= 11 is 0. The maximum atomic E-state index is 9.76. The minimum Gasteiger partial charge on any atom is -0.507 e. The molecule has 0 aliphatic rings. The van der Waals surface area contributed by atoms with Gasteiger partial charge < -0.3 is 10.4 Å². The molecule has 0 aliphatic carbocycles. The second kappa shape index (κ2) is 5.43. The van der Waals surface area contributed by atoms with E-state index in [4.69, 9.17) is 6.42 Å². The first-order valence-electron chi connectivity index (χ1n) is 5.09. The zero-order valence-electron chi connectivity index (χ0n) is 9.25. The maximum Gasteiger partial charge on any atom is 0.122 e. The van der Waals surface area contributed by atoms with Gasteiger partial charge in [0, 0.05) is 24.6 Å². The minimum atomic E-state index is 0.273. The van der Waals surface area contributed by atoms with Gasteiger partial charge in [-0.15, -0.1) is 12.3 Å². The fraction of sp³-hybridized carbons (Fsp3) is 0.385. The van der Waals surface area contributed by atoms with Gasteiger partial charge in [0.2, 0.25) is 0 Å². The number of aryl methyl sites for hydroxylation is 1. The summed E-state index contributed by atoms with van der Waals surface area (Å²) < 4.78 is 0. The molecule has 1 atom stereocenters. The van der Waals surface area contributed by atoms with Gasteiger partial charge in [0.1, 0.15) is 5.75 Å². The van der Waals surface area contributed by atoms with Crippen molar-refractivity contribution in [2.24, 2.45) is 0 Å². The lowest BCUT2D eigenvalue weighted by Gasteiger charge is -2.12. The summed E-state index contributed by atoms with van der Waals surface area (Å²) in [5, 5.41) is 13.0. The van der Waals surface area contributed by atoms with Crippen molar-refractivity contribution in [2.45, 2.75) is 32.9 Å². The van der Waals surface area contributed by atoms with Crippen LogP contribution in [0.1, 0.15) is 24.5 Å². The van der Waals surface area contributed by atoms with E-state index in [1.807, 2.05) is 32.0 Å². The van der Waals surface area contributed by atoms with Gasteiger partial charge in [-0.05, 0) is 19.4 Å². The number of hydrogen-bond acceptors (Lipinski definition) is 2. The lowest BCUT2D eigenvalue weighted by Crippen LogP contribution is -2.24. The average Bonchev–Trinajstić information content (AvgIpc) is 2.21. The normalized spacial score (nSPS) is 12.1. The van der Waals surface area contributed by atoms with E-state index in [0.717, 1.165) is 11.1 Å². The highest BCUT2D eigenvalue weighted by atomic mass is 16.3. The number of aromatic hydroxyl groups is 1. The summed E-state index contributed by atoms with van der Waals surface area (Å²) in [4.78, 5) is 0. The van der Waals surface area contributed by atoms with Crippen LogP contribution in [0, 0.1) is 19.3 Å². The van der Waals surface area contributed by atoms with Crippen molar-refractivity contribution in [3.63, 3.8) is 0 Å². The third kappa shape index (κ3) is 3.30. The minimum absolute atomic E-state index is 0.273. The number of nitrogens with one attached hydrogen (secondary N) is 1. The monoisotopic (exact) mass is 203 g/mol. The molecule has 0 saturated carbocycles. The van der Waals surface area contributed by atoms with Crippen molar-refractivity contribution in [3.05, 3.63) is 29.3 Å². The average molecular weight is 203 g/mol. The summed E-state index contributed by atoms with van der Waals surface area (Å²) in [6.07, 6.45) is 5.91. The van der Waals surface area contributed by atoms with Crippen LogP contribution >= 0.6 is 0 Å². The second-order valence-corrected chi connectivity index (χ2v) is 3.77. The first-order valence-corrected chi connectivity index (χ1v) is 5.09. The third-order valence-corrected chi connectivity index (χ3v) is 2.39. The Morgan fingerprint density at radius 2 is 2.27 bits per heavy atom. The van der Waals surface area contributed by atoms with E-state index in [1.54, 1.807) is 0 Å². The standard InChI is InChI=1S/C13H17NO/c1-4-6-11(3)14-9-12-8-5-7-10(2)13(12)15/h1,5,7-8,11,14-15H,6,9H2,2-3H3. The molecule has 0 radical (unpaired) electrons. The van der Waals surface area contributed by atoms with Crippen LogP contribution in [0.5, 0.6) is 5.75 Å². The molecule has 2 nitrogen and oxygen atoms in total.